The molecular formula is C16H25NO2. The number of amides is 1. The number of nitrogens with zero attached hydrogens (tertiary/aromatic N) is 1. The molecule has 0 saturated carbocycles. The summed E-state index contributed by atoms with van der Waals surface area (Å²) >= 11 is 0. The quantitative estimate of drug-likeness (QED) is 0.775. The molecule has 1 heterocycles. The van der Waals surface area contributed by atoms with Crippen LogP contribution in [0.2, 0.25) is 0 Å². The van der Waals surface area contributed by atoms with Gasteiger partial charge in [0.05, 0.1) is 12.1 Å². The van der Waals surface area contributed by atoms with E-state index < -0.39 is 6.10 Å². The van der Waals surface area contributed by atoms with E-state index in [9.17, 15) is 9.90 Å². The van der Waals surface area contributed by atoms with Crippen LogP contribution in [0.3, 0.4) is 0 Å². The third-order valence-electron chi connectivity index (χ3n) is 3.80. The van der Waals surface area contributed by atoms with Gasteiger partial charge in [0.25, 0.3) is 0 Å². The molecule has 1 aliphatic heterocycles. The van der Waals surface area contributed by atoms with Crippen molar-refractivity contribution in [3.8, 4) is 0 Å². The Morgan fingerprint density at radius 2 is 2.11 bits per heavy atom. The molecular weight excluding hydrogens is 238 g/mol. The number of carbonyl (C=O) groups is 1. The minimum Gasteiger partial charge on any atom is -0.389 e. The number of hydrogen-bond acceptors (Lipinski definition) is 2. The lowest BCUT2D eigenvalue weighted by Gasteiger charge is -2.48. The first-order valence-electron chi connectivity index (χ1n) is 6.82. The minimum atomic E-state index is -0.501. The van der Waals surface area contributed by atoms with Gasteiger partial charge < -0.3 is 10.0 Å². The van der Waals surface area contributed by atoms with Crippen LogP contribution in [0.5, 0.6) is 0 Å². The highest BCUT2D eigenvalue weighted by molar-refractivity contribution is 5.83. The Labute approximate surface area is 116 Å². The molecule has 19 heavy (non-hydrogen) atoms. The third-order valence-corrected chi connectivity index (χ3v) is 3.80. The van der Waals surface area contributed by atoms with Gasteiger partial charge >= 0.3 is 0 Å². The summed E-state index contributed by atoms with van der Waals surface area (Å²) in [5.41, 5.74) is 0.392. The van der Waals surface area contributed by atoms with Gasteiger partial charge in [0.2, 0.25) is 5.91 Å². The first-order valence-corrected chi connectivity index (χ1v) is 6.82. The highest BCUT2D eigenvalue weighted by atomic mass is 16.3. The van der Waals surface area contributed by atoms with Crippen LogP contribution in [0, 0.1) is 5.41 Å². The number of β-amino-alcohol motifs (C(OH)–C–C–N with tert-alkyl or cyclic N) is 1. The Morgan fingerprint density at radius 1 is 1.47 bits per heavy atom. The molecule has 0 aromatic rings. The molecule has 1 aliphatic rings. The zero-order chi connectivity index (χ0) is 14.6. The first kappa shape index (κ1) is 15.7. The van der Waals surface area contributed by atoms with Gasteiger partial charge in [-0.15, -0.1) is 0 Å². The molecule has 1 saturated heterocycles. The summed E-state index contributed by atoms with van der Waals surface area (Å²) in [4.78, 5) is 14.1. The van der Waals surface area contributed by atoms with Crippen LogP contribution >= 0.6 is 0 Å². The van der Waals surface area contributed by atoms with Crippen molar-refractivity contribution in [1.82, 2.24) is 4.90 Å². The number of aliphatic hydroxyl groups excluding tert-OH is 1. The largest absolute Gasteiger partial charge is 0.389 e. The van der Waals surface area contributed by atoms with Crippen LogP contribution in [0.4, 0.5) is 0 Å². The van der Waals surface area contributed by atoms with Crippen molar-refractivity contribution in [2.45, 2.75) is 46.3 Å². The number of carbonyl (C=O) groups excluding carboxylic acids is 1. The fourth-order valence-corrected chi connectivity index (χ4v) is 2.07. The van der Waals surface area contributed by atoms with Gasteiger partial charge in [-0.1, -0.05) is 51.7 Å². The van der Waals surface area contributed by atoms with Crippen molar-refractivity contribution in [3.05, 3.63) is 36.5 Å². The Hall–Kier alpha value is -1.35. The molecule has 3 heteroatoms. The van der Waals surface area contributed by atoms with E-state index in [-0.39, 0.29) is 17.4 Å². The zero-order valence-corrected chi connectivity index (χ0v) is 12.4. The maximum absolute atomic E-state index is 12.4. The molecule has 0 bridgehead atoms. The topological polar surface area (TPSA) is 40.5 Å². The second kappa shape index (κ2) is 6.20. The monoisotopic (exact) mass is 263 g/mol. The van der Waals surface area contributed by atoms with Gasteiger partial charge in [-0.25, -0.2) is 0 Å². The molecule has 1 fully saturated rings. The van der Waals surface area contributed by atoms with Crippen LogP contribution in [0.25, 0.3) is 0 Å². The van der Waals surface area contributed by atoms with Crippen molar-refractivity contribution < 1.29 is 9.90 Å². The normalized spacial score (nSPS) is 23.9. The third kappa shape index (κ3) is 3.35. The molecule has 1 N–H and O–H groups in total. The van der Waals surface area contributed by atoms with Crippen molar-refractivity contribution in [1.29, 1.82) is 0 Å². The molecule has 1 amide bonds. The summed E-state index contributed by atoms with van der Waals surface area (Å²) in [7, 11) is 0. The fraction of sp³-hybridized carbons (Fsp3) is 0.562. The van der Waals surface area contributed by atoms with Crippen LogP contribution < -0.4 is 0 Å². The molecule has 1 unspecified atom stereocenters. The predicted octanol–water partition coefficient (Wildman–Crippen LogP) is 2.68. The average Bonchev–Trinajstić information content (AvgIpc) is 2.35. The van der Waals surface area contributed by atoms with E-state index in [0.717, 1.165) is 12.0 Å². The second-order valence-electron chi connectivity index (χ2n) is 5.67. The Bertz CT molecular complexity index is 407. The van der Waals surface area contributed by atoms with Gasteiger partial charge in [-0.2, -0.15) is 0 Å². The van der Waals surface area contributed by atoms with Crippen molar-refractivity contribution in [2.75, 3.05) is 6.54 Å². The fourth-order valence-electron chi connectivity index (χ4n) is 2.07. The van der Waals surface area contributed by atoms with E-state index in [1.165, 1.54) is 0 Å². The van der Waals surface area contributed by atoms with Gasteiger partial charge in [-0.05, 0) is 18.9 Å². The smallest absolute Gasteiger partial charge is 0.228 e. The molecule has 0 aromatic carbocycles. The lowest BCUT2D eigenvalue weighted by atomic mass is 9.83. The SMILES string of the molecule is C=C(/C=C\C=C/C)[C@@H]1C(O)CN1C(=O)C(C)(C)CC. The minimum absolute atomic E-state index is 0.0888. The van der Waals surface area contributed by atoms with Crippen molar-refractivity contribution in [3.63, 3.8) is 0 Å². The van der Waals surface area contributed by atoms with Crippen molar-refractivity contribution >= 4 is 5.91 Å². The number of hydrogen-bond donors (Lipinski definition) is 1. The molecule has 0 aromatic heterocycles. The molecule has 106 valence electrons. The maximum atomic E-state index is 12.4. The van der Waals surface area contributed by atoms with E-state index in [0.29, 0.717) is 6.54 Å². The Kier molecular flexibility index (Phi) is 5.12. The summed E-state index contributed by atoms with van der Waals surface area (Å²) in [6.07, 6.45) is 7.83. The van der Waals surface area contributed by atoms with Gasteiger partial charge in [0.1, 0.15) is 0 Å². The highest BCUT2D eigenvalue weighted by Gasteiger charge is 2.45. The van der Waals surface area contributed by atoms with Crippen molar-refractivity contribution in [2.24, 2.45) is 5.41 Å². The summed E-state index contributed by atoms with van der Waals surface area (Å²) in [6, 6.07) is -0.278. The molecule has 0 aliphatic carbocycles. The maximum Gasteiger partial charge on any atom is 0.228 e. The number of likely N-dealkylation sites (tertiary alicyclic amines) is 1. The predicted molar refractivity (Wildman–Crippen MR) is 78.7 cm³/mol. The average molecular weight is 263 g/mol. The number of rotatable bonds is 5. The summed E-state index contributed by atoms with van der Waals surface area (Å²) in [5, 5.41) is 9.89. The van der Waals surface area contributed by atoms with Crippen LogP contribution in [0.15, 0.2) is 36.5 Å². The summed E-state index contributed by atoms with van der Waals surface area (Å²) < 4.78 is 0. The van der Waals surface area contributed by atoms with Gasteiger partial charge in [-0.3, -0.25) is 4.79 Å². The van der Waals surface area contributed by atoms with E-state index in [4.69, 9.17) is 0 Å². The first-order chi connectivity index (χ1) is 8.85. The molecule has 0 spiro atoms. The summed E-state index contributed by atoms with van der Waals surface area (Å²) in [6.45, 7) is 12.2. The standard InChI is InChI=1S/C16H25NO2/c1-6-8-9-10-12(3)14-13(18)11-17(14)15(19)16(4,5)7-2/h6,8-10,13-14,18H,3,7,11H2,1-2,4-5H3/b8-6-,10-9-/t13?,14-/m1/s1. The second-order valence-corrected chi connectivity index (χ2v) is 5.67. The van der Waals surface area contributed by atoms with E-state index in [1.54, 1.807) is 4.90 Å². The highest BCUT2D eigenvalue weighted by Crippen LogP contribution is 2.32. The molecule has 2 atom stereocenters. The number of aliphatic hydroxyl groups is 1. The Morgan fingerprint density at radius 3 is 2.58 bits per heavy atom. The molecule has 3 nitrogen and oxygen atoms in total. The van der Waals surface area contributed by atoms with E-state index in [1.807, 2.05) is 52.0 Å². The zero-order valence-electron chi connectivity index (χ0n) is 12.4. The van der Waals surface area contributed by atoms with Crippen LogP contribution in [0.1, 0.15) is 34.1 Å². The van der Waals surface area contributed by atoms with E-state index >= 15 is 0 Å². The van der Waals surface area contributed by atoms with E-state index in [2.05, 4.69) is 6.58 Å². The lowest BCUT2D eigenvalue weighted by molar-refractivity contribution is -0.156. The van der Waals surface area contributed by atoms with Gasteiger partial charge in [0.15, 0.2) is 0 Å². The Balaban J connectivity index is 2.78. The van der Waals surface area contributed by atoms with Crippen LogP contribution in [-0.4, -0.2) is 34.6 Å². The number of allylic oxidation sites excluding steroid dienone is 3. The lowest BCUT2D eigenvalue weighted by Crippen LogP contribution is -2.64. The van der Waals surface area contributed by atoms with Gasteiger partial charge in [0, 0.05) is 12.0 Å². The summed E-state index contributed by atoms with van der Waals surface area (Å²) in [5.74, 6) is 0.0888. The molecule has 0 radical (unpaired) electrons. The molecule has 1 rings (SSSR count). The van der Waals surface area contributed by atoms with Crippen LogP contribution in [-0.2, 0) is 4.79 Å².